The SMILES string of the molecule is CCN(CC)[P+](O)(NC(=O)C(Cl)(Cl)Cl)N(CC)CC. The fourth-order valence-corrected chi connectivity index (χ4v) is 4.75. The molecule has 0 aromatic heterocycles. The second kappa shape index (κ2) is 8.18. The third kappa shape index (κ3) is 5.16. The topological polar surface area (TPSA) is 55.8 Å². The van der Waals surface area contributed by atoms with E-state index in [-0.39, 0.29) is 0 Å². The molecule has 0 aromatic carbocycles. The molecule has 0 heterocycles. The molecule has 0 aromatic rings. The van der Waals surface area contributed by atoms with Crippen LogP contribution in [0.15, 0.2) is 0 Å². The van der Waals surface area contributed by atoms with E-state index >= 15 is 0 Å². The summed E-state index contributed by atoms with van der Waals surface area (Å²) in [5, 5.41) is 2.52. The Bertz CT molecular complexity index is 282. The van der Waals surface area contributed by atoms with Gasteiger partial charge in [-0.3, -0.25) is 4.79 Å². The van der Waals surface area contributed by atoms with Gasteiger partial charge in [0.2, 0.25) is 0 Å². The molecule has 0 aliphatic heterocycles. The van der Waals surface area contributed by atoms with Crippen LogP contribution in [0, 0.1) is 0 Å². The molecule has 0 aliphatic carbocycles. The lowest BCUT2D eigenvalue weighted by Gasteiger charge is -2.35. The standard InChI is InChI=1S/C10H21Cl3N3O2P/c1-5-15(6-2)19(18,16(7-3)8-4)14-9(17)10(11,12)13/h18H,5-8H2,1-4H3/p+1. The van der Waals surface area contributed by atoms with E-state index < -0.39 is 17.6 Å². The molecule has 0 fully saturated rings. The van der Waals surface area contributed by atoms with Gasteiger partial charge in [0.05, 0.1) is 0 Å². The van der Waals surface area contributed by atoms with Crippen LogP contribution in [0.5, 0.6) is 0 Å². The van der Waals surface area contributed by atoms with Crippen molar-refractivity contribution in [3.05, 3.63) is 0 Å². The molecule has 0 rings (SSSR count). The van der Waals surface area contributed by atoms with E-state index in [0.29, 0.717) is 26.2 Å². The highest BCUT2D eigenvalue weighted by atomic mass is 35.6. The summed E-state index contributed by atoms with van der Waals surface area (Å²) in [6.45, 7) is 9.93. The Morgan fingerprint density at radius 3 is 1.58 bits per heavy atom. The number of rotatable bonds is 7. The summed E-state index contributed by atoms with van der Waals surface area (Å²) in [4.78, 5) is 22.8. The van der Waals surface area contributed by atoms with Crippen molar-refractivity contribution < 1.29 is 9.69 Å². The molecular weight excluding hydrogens is 331 g/mol. The smallest absolute Gasteiger partial charge is 0.267 e. The highest BCUT2D eigenvalue weighted by Gasteiger charge is 2.53. The molecule has 0 radical (unpaired) electrons. The van der Waals surface area contributed by atoms with Gasteiger partial charge in [-0.25, -0.2) is 0 Å². The van der Waals surface area contributed by atoms with Crippen molar-refractivity contribution >= 4 is 48.7 Å². The molecule has 0 atom stereocenters. The maximum absolute atomic E-state index is 11.9. The van der Waals surface area contributed by atoms with Crippen LogP contribution in [-0.4, -0.2) is 50.1 Å². The number of halogens is 3. The van der Waals surface area contributed by atoms with Crippen LogP contribution >= 0.6 is 42.7 Å². The quantitative estimate of drug-likeness (QED) is 0.546. The van der Waals surface area contributed by atoms with E-state index in [1.165, 1.54) is 0 Å². The first-order valence-corrected chi connectivity index (χ1v) is 8.97. The fraction of sp³-hybridized carbons (Fsp3) is 0.900. The number of nitrogens with one attached hydrogen (secondary N) is 1. The average Bonchev–Trinajstić information content (AvgIpc) is 2.30. The molecule has 9 heteroatoms. The summed E-state index contributed by atoms with van der Waals surface area (Å²) in [7, 11) is -3.03. The molecule has 114 valence electrons. The second-order valence-corrected chi connectivity index (χ2v) is 8.56. The Morgan fingerprint density at radius 2 is 1.37 bits per heavy atom. The third-order valence-electron chi connectivity index (χ3n) is 2.76. The molecule has 0 bridgehead atoms. The van der Waals surface area contributed by atoms with Crippen molar-refractivity contribution in [2.24, 2.45) is 0 Å². The van der Waals surface area contributed by atoms with E-state index in [2.05, 4.69) is 5.09 Å². The summed E-state index contributed by atoms with van der Waals surface area (Å²) in [5.41, 5.74) is 0. The first-order valence-electron chi connectivity index (χ1n) is 6.19. The minimum atomic E-state index is -3.03. The van der Waals surface area contributed by atoms with E-state index in [9.17, 15) is 9.69 Å². The molecule has 0 unspecified atom stereocenters. The Morgan fingerprint density at radius 1 is 1.05 bits per heavy atom. The minimum absolute atomic E-state index is 0.581. The van der Waals surface area contributed by atoms with E-state index in [0.717, 1.165) is 0 Å². The maximum atomic E-state index is 11.9. The molecule has 5 nitrogen and oxygen atoms in total. The van der Waals surface area contributed by atoms with Gasteiger partial charge in [-0.05, 0) is 27.7 Å². The van der Waals surface area contributed by atoms with Gasteiger partial charge in [0, 0.05) is 26.2 Å². The summed E-state index contributed by atoms with van der Waals surface area (Å²) >= 11 is 16.7. The van der Waals surface area contributed by atoms with Crippen LogP contribution in [-0.2, 0) is 4.79 Å². The van der Waals surface area contributed by atoms with Crippen molar-refractivity contribution in [3.8, 4) is 0 Å². The van der Waals surface area contributed by atoms with Gasteiger partial charge in [0.15, 0.2) is 0 Å². The largest absolute Gasteiger partial charge is 0.393 e. The number of carbonyl (C=O) groups is 1. The minimum Gasteiger partial charge on any atom is -0.267 e. The number of hydrogen-bond donors (Lipinski definition) is 2. The Hall–Kier alpha value is 0.650. The van der Waals surface area contributed by atoms with Crippen LogP contribution in [0.1, 0.15) is 27.7 Å². The van der Waals surface area contributed by atoms with Crippen LogP contribution < -0.4 is 5.09 Å². The molecular formula is C10H22Cl3N3O2P+. The molecule has 1 amide bonds. The number of amides is 1. The predicted molar refractivity (Wildman–Crippen MR) is 83.4 cm³/mol. The number of nitrogens with zero attached hydrogens (tertiary/aromatic N) is 2. The van der Waals surface area contributed by atoms with Crippen LogP contribution in [0.25, 0.3) is 0 Å². The van der Waals surface area contributed by atoms with E-state index in [4.69, 9.17) is 34.8 Å². The normalized spacial score (nSPS) is 13.2. The molecule has 0 saturated carbocycles. The summed E-state index contributed by atoms with van der Waals surface area (Å²) in [5.74, 6) is -0.813. The van der Waals surface area contributed by atoms with Gasteiger partial charge in [-0.1, -0.05) is 34.8 Å². The van der Waals surface area contributed by atoms with Crippen molar-refractivity contribution in [3.63, 3.8) is 0 Å². The van der Waals surface area contributed by atoms with Crippen molar-refractivity contribution in [1.82, 2.24) is 14.4 Å². The Kier molecular flexibility index (Phi) is 8.46. The average molecular weight is 354 g/mol. The molecule has 0 spiro atoms. The lowest BCUT2D eigenvalue weighted by Crippen LogP contribution is -2.47. The van der Waals surface area contributed by atoms with Gasteiger partial charge in [-0.2, -0.15) is 9.98 Å². The van der Waals surface area contributed by atoms with E-state index in [1.54, 1.807) is 9.34 Å². The van der Waals surface area contributed by atoms with Crippen LogP contribution in [0.4, 0.5) is 0 Å². The van der Waals surface area contributed by atoms with Gasteiger partial charge in [0.25, 0.3) is 3.79 Å². The maximum Gasteiger partial charge on any atom is 0.393 e. The Labute approximate surface area is 130 Å². The van der Waals surface area contributed by atoms with E-state index in [1.807, 2.05) is 27.7 Å². The van der Waals surface area contributed by atoms with Crippen molar-refractivity contribution in [2.75, 3.05) is 26.2 Å². The highest BCUT2D eigenvalue weighted by Crippen LogP contribution is 2.57. The number of carbonyl (C=O) groups excluding carboxylic acids is 1. The summed E-state index contributed by atoms with van der Waals surface area (Å²) in [6, 6.07) is 0. The molecule has 0 saturated heterocycles. The summed E-state index contributed by atoms with van der Waals surface area (Å²) < 4.78 is 1.48. The van der Waals surface area contributed by atoms with Gasteiger partial charge < -0.3 is 0 Å². The summed E-state index contributed by atoms with van der Waals surface area (Å²) in [6.07, 6.45) is 0. The second-order valence-electron chi connectivity index (χ2n) is 3.78. The zero-order chi connectivity index (χ0) is 15.3. The molecule has 2 N–H and O–H groups in total. The fourth-order valence-electron chi connectivity index (χ4n) is 1.76. The lowest BCUT2D eigenvalue weighted by molar-refractivity contribution is -0.118. The van der Waals surface area contributed by atoms with Crippen LogP contribution in [0.3, 0.4) is 0 Å². The Balaban J connectivity index is 5.33. The van der Waals surface area contributed by atoms with Crippen LogP contribution in [0.2, 0.25) is 0 Å². The van der Waals surface area contributed by atoms with Gasteiger partial charge >= 0.3 is 13.8 Å². The monoisotopic (exact) mass is 352 g/mol. The first kappa shape index (κ1) is 19.7. The van der Waals surface area contributed by atoms with Crippen molar-refractivity contribution in [2.45, 2.75) is 31.5 Å². The lowest BCUT2D eigenvalue weighted by atomic mass is 10.7. The molecule has 0 aliphatic rings. The van der Waals surface area contributed by atoms with Gasteiger partial charge in [0.1, 0.15) is 0 Å². The first-order chi connectivity index (χ1) is 8.67. The zero-order valence-electron chi connectivity index (χ0n) is 11.7. The third-order valence-corrected chi connectivity index (χ3v) is 6.48. The number of hydrogen-bond acceptors (Lipinski definition) is 4. The van der Waals surface area contributed by atoms with Crippen molar-refractivity contribution in [1.29, 1.82) is 0 Å². The zero-order valence-corrected chi connectivity index (χ0v) is 14.8. The number of alkyl halides is 3. The molecule has 19 heavy (non-hydrogen) atoms. The van der Waals surface area contributed by atoms with Gasteiger partial charge in [-0.15, -0.1) is 9.34 Å². The predicted octanol–water partition coefficient (Wildman–Crippen LogP) is 2.83. The highest BCUT2D eigenvalue weighted by molar-refractivity contribution is 7.64.